The third kappa shape index (κ3) is 2.84. The molecular weight excluding hydrogens is 248 g/mol. The lowest BCUT2D eigenvalue weighted by Crippen LogP contribution is -2.26. The number of nitrogens with two attached hydrogens (primary N) is 1. The molecule has 0 radical (unpaired) electrons. The summed E-state index contributed by atoms with van der Waals surface area (Å²) in [4.78, 5) is 20.2. The van der Waals surface area contributed by atoms with Crippen molar-refractivity contribution >= 4 is 23.1 Å². The molecule has 1 unspecified atom stereocenters. The van der Waals surface area contributed by atoms with Crippen molar-refractivity contribution in [3.63, 3.8) is 0 Å². The van der Waals surface area contributed by atoms with Crippen LogP contribution in [-0.2, 0) is 0 Å². The van der Waals surface area contributed by atoms with Crippen LogP contribution in [0, 0.1) is 6.92 Å². The van der Waals surface area contributed by atoms with Crippen LogP contribution in [0.1, 0.15) is 34.0 Å². The van der Waals surface area contributed by atoms with E-state index in [4.69, 9.17) is 5.73 Å². The van der Waals surface area contributed by atoms with Gasteiger partial charge in [-0.2, -0.15) is 0 Å². The summed E-state index contributed by atoms with van der Waals surface area (Å²) in [7, 11) is 0. The van der Waals surface area contributed by atoms with Gasteiger partial charge in [0.25, 0.3) is 5.91 Å². The number of pyridine rings is 1. The molecule has 0 fully saturated rings. The third-order valence-corrected chi connectivity index (χ3v) is 3.54. The van der Waals surface area contributed by atoms with E-state index in [1.54, 1.807) is 12.1 Å². The highest BCUT2D eigenvalue weighted by molar-refractivity contribution is 7.09. The summed E-state index contributed by atoms with van der Waals surface area (Å²) in [6.45, 7) is 3.83. The molecule has 1 amide bonds. The van der Waals surface area contributed by atoms with Gasteiger partial charge in [0.05, 0.1) is 6.04 Å². The average molecular weight is 262 g/mol. The maximum atomic E-state index is 12.0. The Hall–Kier alpha value is -1.95. The van der Waals surface area contributed by atoms with E-state index in [0.717, 1.165) is 10.7 Å². The normalized spacial score (nSPS) is 12.1. The van der Waals surface area contributed by atoms with Crippen LogP contribution in [0.15, 0.2) is 23.7 Å². The predicted octanol–water partition coefficient (Wildman–Crippen LogP) is 1.92. The molecule has 1 atom stereocenters. The van der Waals surface area contributed by atoms with Gasteiger partial charge in [-0.3, -0.25) is 4.79 Å². The van der Waals surface area contributed by atoms with Crippen molar-refractivity contribution in [2.24, 2.45) is 0 Å². The monoisotopic (exact) mass is 262 g/mol. The van der Waals surface area contributed by atoms with Gasteiger partial charge in [0, 0.05) is 22.8 Å². The molecule has 0 saturated carbocycles. The predicted molar refractivity (Wildman–Crippen MR) is 71.4 cm³/mol. The van der Waals surface area contributed by atoms with E-state index in [1.165, 1.54) is 17.5 Å². The highest BCUT2D eigenvalue weighted by Gasteiger charge is 2.14. The molecule has 0 aliphatic rings. The molecule has 2 aromatic rings. The summed E-state index contributed by atoms with van der Waals surface area (Å²) < 4.78 is 0. The fraction of sp³-hybridized carbons (Fsp3) is 0.250. The fourth-order valence-corrected chi connectivity index (χ4v) is 2.31. The van der Waals surface area contributed by atoms with Crippen molar-refractivity contribution in [1.29, 1.82) is 0 Å². The molecule has 0 aromatic carbocycles. The van der Waals surface area contributed by atoms with Crippen LogP contribution >= 0.6 is 11.3 Å². The largest absolute Gasteiger partial charge is 0.384 e. The molecule has 5 nitrogen and oxygen atoms in total. The molecule has 94 valence electrons. The minimum Gasteiger partial charge on any atom is -0.384 e. The number of hydrogen-bond donors (Lipinski definition) is 2. The number of carbonyl (C=O) groups is 1. The number of anilines is 1. The van der Waals surface area contributed by atoms with Crippen molar-refractivity contribution in [3.8, 4) is 0 Å². The Morgan fingerprint density at radius 3 is 2.94 bits per heavy atom. The van der Waals surface area contributed by atoms with Crippen LogP contribution in [0.25, 0.3) is 0 Å². The van der Waals surface area contributed by atoms with Crippen LogP contribution in [0.3, 0.4) is 0 Å². The van der Waals surface area contributed by atoms with Gasteiger partial charge in [-0.1, -0.05) is 0 Å². The summed E-state index contributed by atoms with van der Waals surface area (Å²) in [6, 6.07) is 3.06. The van der Waals surface area contributed by atoms with Gasteiger partial charge in [-0.15, -0.1) is 11.3 Å². The van der Waals surface area contributed by atoms with Crippen molar-refractivity contribution in [2.75, 3.05) is 5.73 Å². The Morgan fingerprint density at radius 1 is 1.56 bits per heavy atom. The van der Waals surface area contributed by atoms with E-state index in [1.807, 2.05) is 19.2 Å². The molecule has 6 heteroatoms. The van der Waals surface area contributed by atoms with Gasteiger partial charge in [0.15, 0.2) is 0 Å². The van der Waals surface area contributed by atoms with Crippen LogP contribution in [0.5, 0.6) is 0 Å². The van der Waals surface area contributed by atoms with Gasteiger partial charge in [-0.05, 0) is 26.0 Å². The third-order valence-electron chi connectivity index (χ3n) is 2.40. The molecule has 18 heavy (non-hydrogen) atoms. The van der Waals surface area contributed by atoms with Crippen LogP contribution in [0.2, 0.25) is 0 Å². The SMILES string of the molecule is Cc1csc(C(C)NC(=O)c2ccnc(N)c2)n1. The van der Waals surface area contributed by atoms with E-state index >= 15 is 0 Å². The lowest BCUT2D eigenvalue weighted by Gasteiger charge is -2.11. The number of rotatable bonds is 3. The molecule has 0 aliphatic carbocycles. The molecule has 2 rings (SSSR count). The smallest absolute Gasteiger partial charge is 0.252 e. The van der Waals surface area contributed by atoms with E-state index in [-0.39, 0.29) is 11.9 Å². The first-order chi connectivity index (χ1) is 8.56. The standard InChI is InChI=1S/C12H14N4OS/c1-7-6-18-12(15-7)8(2)16-11(17)9-3-4-14-10(13)5-9/h3-6,8H,1-2H3,(H2,13,14)(H,16,17). The first kappa shape index (κ1) is 12.5. The summed E-state index contributed by atoms with van der Waals surface area (Å²) >= 11 is 1.54. The first-order valence-corrected chi connectivity index (χ1v) is 6.38. The molecule has 3 N–H and O–H groups in total. The van der Waals surface area contributed by atoms with Crippen molar-refractivity contribution < 1.29 is 4.79 Å². The van der Waals surface area contributed by atoms with E-state index in [0.29, 0.717) is 11.4 Å². The van der Waals surface area contributed by atoms with Gasteiger partial charge >= 0.3 is 0 Å². The fourth-order valence-electron chi connectivity index (χ4n) is 1.50. The second kappa shape index (κ2) is 5.14. The molecule has 2 heterocycles. The number of nitrogen functional groups attached to an aromatic ring is 1. The zero-order valence-electron chi connectivity index (χ0n) is 10.2. The zero-order valence-corrected chi connectivity index (χ0v) is 11.0. The lowest BCUT2D eigenvalue weighted by molar-refractivity contribution is 0.0939. The highest BCUT2D eigenvalue weighted by atomic mass is 32.1. The minimum absolute atomic E-state index is 0.120. The molecular formula is C12H14N4OS. The molecule has 0 saturated heterocycles. The van der Waals surface area contributed by atoms with Gasteiger partial charge in [0.2, 0.25) is 0 Å². The number of amides is 1. The molecule has 0 bridgehead atoms. The van der Waals surface area contributed by atoms with Crippen LogP contribution in [-0.4, -0.2) is 15.9 Å². The van der Waals surface area contributed by atoms with Crippen molar-refractivity contribution in [3.05, 3.63) is 40.0 Å². The summed E-state index contributed by atoms with van der Waals surface area (Å²) in [5.41, 5.74) is 7.00. The number of nitrogens with one attached hydrogen (secondary N) is 1. The number of aromatic nitrogens is 2. The van der Waals surface area contributed by atoms with Gasteiger partial charge in [-0.25, -0.2) is 9.97 Å². The van der Waals surface area contributed by atoms with Crippen molar-refractivity contribution in [2.45, 2.75) is 19.9 Å². The zero-order chi connectivity index (χ0) is 13.1. The second-order valence-electron chi connectivity index (χ2n) is 3.99. The van der Waals surface area contributed by atoms with Crippen LogP contribution < -0.4 is 11.1 Å². The average Bonchev–Trinajstić information content (AvgIpc) is 2.76. The Labute approximate surface area is 109 Å². The Morgan fingerprint density at radius 2 is 2.33 bits per heavy atom. The Bertz CT molecular complexity index is 567. The summed E-state index contributed by atoms with van der Waals surface area (Å²) in [5.74, 6) is 0.157. The number of aryl methyl sites for hydroxylation is 1. The number of hydrogen-bond acceptors (Lipinski definition) is 5. The highest BCUT2D eigenvalue weighted by Crippen LogP contribution is 2.18. The number of nitrogens with zero attached hydrogens (tertiary/aromatic N) is 2. The molecule has 0 aliphatic heterocycles. The quantitative estimate of drug-likeness (QED) is 0.885. The van der Waals surface area contributed by atoms with Gasteiger partial charge in [0.1, 0.15) is 10.8 Å². The first-order valence-electron chi connectivity index (χ1n) is 5.50. The van der Waals surface area contributed by atoms with E-state index < -0.39 is 0 Å². The maximum absolute atomic E-state index is 12.0. The Balaban J connectivity index is 2.08. The van der Waals surface area contributed by atoms with E-state index in [9.17, 15) is 4.79 Å². The van der Waals surface area contributed by atoms with Crippen LogP contribution in [0.4, 0.5) is 5.82 Å². The maximum Gasteiger partial charge on any atom is 0.252 e. The van der Waals surface area contributed by atoms with Gasteiger partial charge < -0.3 is 11.1 Å². The van der Waals surface area contributed by atoms with Crippen molar-refractivity contribution in [1.82, 2.24) is 15.3 Å². The second-order valence-corrected chi connectivity index (χ2v) is 4.88. The number of thiazole rings is 1. The Kier molecular flexibility index (Phi) is 3.57. The van der Waals surface area contributed by atoms with E-state index in [2.05, 4.69) is 15.3 Å². The lowest BCUT2D eigenvalue weighted by atomic mass is 10.2. The summed E-state index contributed by atoms with van der Waals surface area (Å²) in [6.07, 6.45) is 1.52. The molecule has 2 aromatic heterocycles. The molecule has 0 spiro atoms. The summed E-state index contributed by atoms with van der Waals surface area (Å²) in [5, 5.41) is 5.73. The topological polar surface area (TPSA) is 80.9 Å². The minimum atomic E-state index is -0.176. The number of carbonyl (C=O) groups excluding carboxylic acids is 1.